The van der Waals surface area contributed by atoms with Gasteiger partial charge >= 0.3 is 0 Å². The summed E-state index contributed by atoms with van der Waals surface area (Å²) in [5.41, 5.74) is 1.60. The number of hydrogen-bond acceptors (Lipinski definition) is 7. The summed E-state index contributed by atoms with van der Waals surface area (Å²) in [7, 11) is -3.73. The van der Waals surface area contributed by atoms with Crippen molar-refractivity contribution < 1.29 is 27.1 Å². The van der Waals surface area contributed by atoms with Crippen LogP contribution in [0.1, 0.15) is 0 Å². The van der Waals surface area contributed by atoms with Gasteiger partial charge in [-0.15, -0.1) is 0 Å². The van der Waals surface area contributed by atoms with Crippen molar-refractivity contribution in [2.24, 2.45) is 0 Å². The van der Waals surface area contributed by atoms with E-state index in [4.69, 9.17) is 9.47 Å². The minimum absolute atomic E-state index is 0.105. The van der Waals surface area contributed by atoms with Crippen LogP contribution in [0.4, 0.5) is 21.5 Å². The van der Waals surface area contributed by atoms with Crippen LogP contribution in [0.15, 0.2) is 47.4 Å². The van der Waals surface area contributed by atoms with Gasteiger partial charge in [0.2, 0.25) is 15.9 Å². The van der Waals surface area contributed by atoms with E-state index in [0.717, 1.165) is 5.69 Å². The van der Waals surface area contributed by atoms with Gasteiger partial charge in [-0.3, -0.25) is 4.79 Å². The van der Waals surface area contributed by atoms with E-state index in [2.05, 4.69) is 10.6 Å². The summed E-state index contributed by atoms with van der Waals surface area (Å²) in [5, 5.41) is 5.70. The summed E-state index contributed by atoms with van der Waals surface area (Å²) in [6.07, 6.45) is 0. The number of nitrogens with one attached hydrogen (secondary N) is 2. The summed E-state index contributed by atoms with van der Waals surface area (Å²) in [6.45, 7) is 3.50. The van der Waals surface area contributed by atoms with Gasteiger partial charge < -0.3 is 25.0 Å². The summed E-state index contributed by atoms with van der Waals surface area (Å²) < 4.78 is 51.7. The SMILES string of the molecule is O=C(CNc1cccc(F)c1)Nc1cc(S(=O)(=O)N2CCOCC2)ccc1N1CCOCC1. The van der Waals surface area contributed by atoms with E-state index in [1.54, 1.807) is 24.3 Å². The fourth-order valence-corrected chi connectivity index (χ4v) is 5.20. The Hall–Kier alpha value is -2.73. The second kappa shape index (κ2) is 10.5. The van der Waals surface area contributed by atoms with E-state index in [-0.39, 0.29) is 30.4 Å². The van der Waals surface area contributed by atoms with Crippen molar-refractivity contribution in [1.29, 1.82) is 0 Å². The number of carbonyl (C=O) groups is 1. The Morgan fingerprint density at radius 3 is 2.36 bits per heavy atom. The molecule has 0 unspecified atom stereocenters. The molecule has 2 heterocycles. The first-order valence-electron chi connectivity index (χ1n) is 10.8. The van der Waals surface area contributed by atoms with E-state index in [9.17, 15) is 17.6 Å². The van der Waals surface area contributed by atoms with Gasteiger partial charge in [-0.05, 0) is 36.4 Å². The third-order valence-electron chi connectivity index (χ3n) is 5.48. The van der Waals surface area contributed by atoms with Crippen LogP contribution in [0.3, 0.4) is 0 Å². The van der Waals surface area contributed by atoms with Gasteiger partial charge in [0.15, 0.2) is 0 Å². The number of morpholine rings is 2. The average Bonchev–Trinajstić information content (AvgIpc) is 2.84. The lowest BCUT2D eigenvalue weighted by Gasteiger charge is -2.31. The average molecular weight is 479 g/mol. The number of sulfonamides is 1. The Morgan fingerprint density at radius 2 is 1.67 bits per heavy atom. The van der Waals surface area contributed by atoms with Crippen LogP contribution in [0.5, 0.6) is 0 Å². The summed E-state index contributed by atoms with van der Waals surface area (Å²) >= 11 is 0. The summed E-state index contributed by atoms with van der Waals surface area (Å²) in [4.78, 5) is 14.8. The normalized spacial score (nSPS) is 17.5. The monoisotopic (exact) mass is 478 g/mol. The highest BCUT2D eigenvalue weighted by atomic mass is 32.2. The first-order valence-corrected chi connectivity index (χ1v) is 12.2. The molecule has 4 rings (SSSR count). The highest BCUT2D eigenvalue weighted by Crippen LogP contribution is 2.31. The third kappa shape index (κ3) is 5.80. The predicted octanol–water partition coefficient (Wildman–Crippen LogP) is 1.73. The van der Waals surface area contributed by atoms with Gasteiger partial charge in [-0.2, -0.15) is 4.31 Å². The van der Waals surface area contributed by atoms with Crippen LogP contribution in [0, 0.1) is 5.82 Å². The molecule has 33 heavy (non-hydrogen) atoms. The lowest BCUT2D eigenvalue weighted by molar-refractivity contribution is -0.114. The maximum Gasteiger partial charge on any atom is 0.243 e. The van der Waals surface area contributed by atoms with E-state index >= 15 is 0 Å². The largest absolute Gasteiger partial charge is 0.379 e. The maximum atomic E-state index is 13.4. The number of anilines is 3. The molecule has 2 N–H and O–H groups in total. The maximum absolute atomic E-state index is 13.4. The molecule has 2 fully saturated rings. The van der Waals surface area contributed by atoms with Crippen LogP contribution in [0.25, 0.3) is 0 Å². The molecule has 9 nitrogen and oxygen atoms in total. The molecule has 2 aromatic carbocycles. The number of amides is 1. The Bertz CT molecular complexity index is 1090. The third-order valence-corrected chi connectivity index (χ3v) is 7.37. The molecule has 0 radical (unpaired) electrons. The van der Waals surface area contributed by atoms with Crippen molar-refractivity contribution in [2.75, 3.05) is 74.7 Å². The van der Waals surface area contributed by atoms with E-state index < -0.39 is 15.8 Å². The van der Waals surface area contributed by atoms with Gasteiger partial charge in [0, 0.05) is 31.9 Å². The van der Waals surface area contributed by atoms with E-state index in [1.165, 1.54) is 22.5 Å². The highest BCUT2D eigenvalue weighted by molar-refractivity contribution is 7.89. The number of hydrogen-bond donors (Lipinski definition) is 2. The van der Waals surface area contributed by atoms with Crippen LogP contribution in [-0.2, 0) is 24.3 Å². The predicted molar refractivity (Wildman–Crippen MR) is 123 cm³/mol. The number of rotatable bonds is 7. The summed E-state index contributed by atoms with van der Waals surface area (Å²) in [5.74, 6) is -0.786. The molecule has 178 valence electrons. The molecule has 2 aromatic rings. The molecule has 0 aliphatic carbocycles. The molecular formula is C22H27FN4O5S. The minimum Gasteiger partial charge on any atom is -0.379 e. The Morgan fingerprint density at radius 1 is 0.970 bits per heavy atom. The molecule has 0 atom stereocenters. The lowest BCUT2D eigenvalue weighted by atomic mass is 10.2. The van der Waals surface area contributed by atoms with Crippen LogP contribution in [0.2, 0.25) is 0 Å². The molecule has 11 heteroatoms. The van der Waals surface area contributed by atoms with Crippen molar-refractivity contribution in [3.8, 4) is 0 Å². The van der Waals surface area contributed by atoms with Crippen molar-refractivity contribution in [3.63, 3.8) is 0 Å². The molecule has 0 saturated carbocycles. The number of carbonyl (C=O) groups excluding carboxylic acids is 1. The first kappa shape index (κ1) is 23.4. The van der Waals surface area contributed by atoms with Crippen LogP contribution >= 0.6 is 0 Å². The molecule has 0 aromatic heterocycles. The molecule has 0 spiro atoms. The molecule has 1 amide bonds. The van der Waals surface area contributed by atoms with Crippen molar-refractivity contribution in [1.82, 2.24) is 4.31 Å². The number of ether oxygens (including phenoxy) is 2. The van der Waals surface area contributed by atoms with Crippen molar-refractivity contribution >= 4 is 33.0 Å². The van der Waals surface area contributed by atoms with Gasteiger partial charge in [0.05, 0.1) is 49.2 Å². The number of halogens is 1. The first-order chi connectivity index (χ1) is 15.9. The zero-order valence-corrected chi connectivity index (χ0v) is 18.9. The second-order valence-corrected chi connectivity index (χ2v) is 9.64. The Labute approximate surface area is 192 Å². The van der Waals surface area contributed by atoms with Gasteiger partial charge in [-0.25, -0.2) is 12.8 Å². The highest BCUT2D eigenvalue weighted by Gasteiger charge is 2.28. The van der Waals surface area contributed by atoms with Gasteiger partial charge in [0.25, 0.3) is 0 Å². The molecular weight excluding hydrogens is 451 g/mol. The van der Waals surface area contributed by atoms with E-state index in [0.29, 0.717) is 50.9 Å². The smallest absolute Gasteiger partial charge is 0.243 e. The number of nitrogens with zero attached hydrogens (tertiary/aromatic N) is 2. The second-order valence-electron chi connectivity index (χ2n) is 7.71. The number of benzene rings is 2. The van der Waals surface area contributed by atoms with Crippen molar-refractivity contribution in [2.45, 2.75) is 4.90 Å². The lowest BCUT2D eigenvalue weighted by Crippen LogP contribution is -2.40. The topological polar surface area (TPSA) is 100 Å². The van der Waals surface area contributed by atoms with Crippen LogP contribution in [-0.4, -0.2) is 77.8 Å². The standard InChI is InChI=1S/C22H27FN4O5S/c23-17-2-1-3-18(14-17)24-16-22(28)25-20-15-19(33(29,30)27-8-12-32-13-9-27)4-5-21(20)26-6-10-31-11-7-26/h1-5,14-15,24H,6-13,16H2,(H,25,28). The van der Waals surface area contributed by atoms with Gasteiger partial charge in [-0.1, -0.05) is 6.07 Å². The fourth-order valence-electron chi connectivity index (χ4n) is 3.77. The minimum atomic E-state index is -3.73. The zero-order chi connectivity index (χ0) is 23.3. The van der Waals surface area contributed by atoms with Crippen molar-refractivity contribution in [3.05, 3.63) is 48.3 Å². The summed E-state index contributed by atoms with van der Waals surface area (Å²) in [6, 6.07) is 10.6. The Kier molecular flexibility index (Phi) is 7.43. The Balaban J connectivity index is 1.56. The quantitative estimate of drug-likeness (QED) is 0.625. The molecule has 2 saturated heterocycles. The van der Waals surface area contributed by atoms with Gasteiger partial charge in [0.1, 0.15) is 5.82 Å². The van der Waals surface area contributed by atoms with E-state index in [1.807, 2.05) is 4.90 Å². The zero-order valence-electron chi connectivity index (χ0n) is 18.1. The fraction of sp³-hybridized carbons (Fsp3) is 0.409. The van der Waals surface area contributed by atoms with Crippen LogP contribution < -0.4 is 15.5 Å². The molecule has 0 bridgehead atoms. The molecule has 2 aliphatic heterocycles. The molecule has 2 aliphatic rings.